The van der Waals surface area contributed by atoms with Crippen LogP contribution in [-0.4, -0.2) is 25.3 Å². The van der Waals surface area contributed by atoms with Crippen molar-refractivity contribution in [2.75, 3.05) is 19.3 Å². The van der Waals surface area contributed by atoms with Crippen LogP contribution >= 0.6 is 11.8 Å². The first-order chi connectivity index (χ1) is 11.7. The lowest BCUT2D eigenvalue weighted by Crippen LogP contribution is -2.38. The minimum absolute atomic E-state index is 0.271. The van der Waals surface area contributed by atoms with E-state index in [4.69, 9.17) is 5.26 Å². The molecule has 4 nitrogen and oxygen atoms in total. The van der Waals surface area contributed by atoms with Gasteiger partial charge in [0.15, 0.2) is 5.96 Å². The van der Waals surface area contributed by atoms with Gasteiger partial charge >= 0.3 is 0 Å². The summed E-state index contributed by atoms with van der Waals surface area (Å²) in [6.45, 7) is 1.01. The summed E-state index contributed by atoms with van der Waals surface area (Å²) in [4.78, 5) is 5.34. The zero-order chi connectivity index (χ0) is 17.2. The lowest BCUT2D eigenvalue weighted by Gasteiger charge is -2.12. The highest BCUT2D eigenvalue weighted by Crippen LogP contribution is 2.15. The molecule has 0 fully saturated rings. The van der Waals surface area contributed by atoms with E-state index >= 15 is 0 Å². The Bertz CT molecular complexity index is 726. The predicted molar refractivity (Wildman–Crippen MR) is 96.5 cm³/mol. The highest BCUT2D eigenvalue weighted by atomic mass is 32.2. The molecule has 6 heteroatoms. The number of hydrogen-bond acceptors (Lipinski definition) is 3. The summed E-state index contributed by atoms with van der Waals surface area (Å²) in [5.74, 6) is 1.16. The molecule has 0 bridgehead atoms. The average molecular weight is 342 g/mol. The molecule has 24 heavy (non-hydrogen) atoms. The Labute approximate surface area is 145 Å². The maximum atomic E-state index is 13.7. The van der Waals surface area contributed by atoms with E-state index in [1.54, 1.807) is 24.9 Å². The second kappa shape index (κ2) is 9.58. The summed E-state index contributed by atoms with van der Waals surface area (Å²) in [6.07, 6.45) is 0. The minimum atomic E-state index is -0.336. The van der Waals surface area contributed by atoms with E-state index in [0.29, 0.717) is 17.1 Å². The summed E-state index contributed by atoms with van der Waals surface area (Å²) in [5.41, 5.74) is 0.881. The summed E-state index contributed by atoms with van der Waals surface area (Å²) in [7, 11) is 1.67. The van der Waals surface area contributed by atoms with Crippen LogP contribution in [0.2, 0.25) is 0 Å². The van der Waals surface area contributed by atoms with Crippen molar-refractivity contribution in [3.05, 3.63) is 65.5 Å². The molecule has 0 radical (unpaired) electrons. The maximum absolute atomic E-state index is 13.7. The Morgan fingerprint density at radius 1 is 1.21 bits per heavy atom. The molecule has 2 aromatic carbocycles. The molecule has 0 spiro atoms. The molecule has 0 atom stereocenters. The number of nitrogens with zero attached hydrogens (tertiary/aromatic N) is 2. The fraction of sp³-hybridized carbons (Fsp3) is 0.222. The van der Waals surface area contributed by atoms with Gasteiger partial charge in [-0.2, -0.15) is 5.26 Å². The Hall–Kier alpha value is -2.52. The van der Waals surface area contributed by atoms with Crippen molar-refractivity contribution < 1.29 is 4.39 Å². The summed E-state index contributed by atoms with van der Waals surface area (Å²) < 4.78 is 13.7. The van der Waals surface area contributed by atoms with Gasteiger partial charge in [0.25, 0.3) is 0 Å². The summed E-state index contributed by atoms with van der Waals surface area (Å²) in [6, 6.07) is 16.5. The molecule has 2 rings (SSSR count). The van der Waals surface area contributed by atoms with E-state index in [0.717, 1.165) is 12.3 Å². The van der Waals surface area contributed by atoms with Crippen LogP contribution in [0.3, 0.4) is 0 Å². The van der Waals surface area contributed by atoms with E-state index < -0.39 is 0 Å². The fourth-order valence-corrected chi connectivity index (χ4v) is 2.82. The van der Waals surface area contributed by atoms with Crippen molar-refractivity contribution in [3.63, 3.8) is 0 Å². The largest absolute Gasteiger partial charge is 0.356 e. The number of nitriles is 1. The minimum Gasteiger partial charge on any atom is -0.356 e. The van der Waals surface area contributed by atoms with Crippen LogP contribution in [0, 0.1) is 17.1 Å². The first-order valence-corrected chi connectivity index (χ1v) is 8.52. The molecule has 0 aliphatic carbocycles. The molecular weight excluding hydrogens is 323 g/mol. The van der Waals surface area contributed by atoms with Crippen molar-refractivity contribution >= 4 is 17.7 Å². The topological polar surface area (TPSA) is 60.2 Å². The standard InChI is InChI=1S/C18H19FN4S/c1-21-18(22-9-10-24-16-5-3-2-4-6-16)23-13-15-11-14(12-20)7-8-17(15)19/h2-8,11H,9-10,13H2,1H3,(H2,21,22,23). The molecule has 0 amide bonds. The number of thioether (sulfide) groups is 1. The van der Waals surface area contributed by atoms with Gasteiger partial charge in [0.1, 0.15) is 5.82 Å². The van der Waals surface area contributed by atoms with Gasteiger partial charge in [0.2, 0.25) is 0 Å². The van der Waals surface area contributed by atoms with E-state index in [2.05, 4.69) is 27.8 Å². The molecule has 0 aromatic heterocycles. The highest BCUT2D eigenvalue weighted by Gasteiger charge is 2.05. The van der Waals surface area contributed by atoms with E-state index in [1.807, 2.05) is 24.3 Å². The third-order valence-corrected chi connectivity index (χ3v) is 4.26. The maximum Gasteiger partial charge on any atom is 0.191 e. The third kappa shape index (κ3) is 5.60. The molecule has 0 saturated carbocycles. The van der Waals surface area contributed by atoms with Crippen LogP contribution in [0.1, 0.15) is 11.1 Å². The van der Waals surface area contributed by atoms with Crippen molar-refractivity contribution in [2.45, 2.75) is 11.4 Å². The van der Waals surface area contributed by atoms with Gasteiger partial charge in [-0.05, 0) is 30.3 Å². The van der Waals surface area contributed by atoms with Crippen LogP contribution < -0.4 is 10.6 Å². The van der Waals surface area contributed by atoms with Crippen LogP contribution in [0.5, 0.6) is 0 Å². The Balaban J connectivity index is 1.78. The molecule has 124 valence electrons. The predicted octanol–water partition coefficient (Wildman–Crippen LogP) is 3.15. The number of hydrogen-bond donors (Lipinski definition) is 2. The number of halogens is 1. The van der Waals surface area contributed by atoms with Crippen molar-refractivity contribution in [1.29, 1.82) is 5.26 Å². The van der Waals surface area contributed by atoms with Crippen molar-refractivity contribution in [3.8, 4) is 6.07 Å². The first kappa shape index (κ1) is 17.8. The van der Waals surface area contributed by atoms with E-state index in [-0.39, 0.29) is 12.4 Å². The number of guanidine groups is 1. The molecule has 0 heterocycles. The number of benzene rings is 2. The van der Waals surface area contributed by atoms with Crippen molar-refractivity contribution in [2.24, 2.45) is 4.99 Å². The van der Waals surface area contributed by atoms with Gasteiger partial charge in [-0.3, -0.25) is 4.99 Å². The second-order valence-corrected chi connectivity index (χ2v) is 6.10. The quantitative estimate of drug-likeness (QED) is 0.366. The monoisotopic (exact) mass is 342 g/mol. The fourth-order valence-electron chi connectivity index (χ4n) is 2.03. The molecular formula is C18H19FN4S. The van der Waals surface area contributed by atoms with Gasteiger partial charge in [-0.1, -0.05) is 18.2 Å². The van der Waals surface area contributed by atoms with Gasteiger partial charge in [0.05, 0.1) is 11.6 Å². The van der Waals surface area contributed by atoms with Crippen molar-refractivity contribution in [1.82, 2.24) is 10.6 Å². The van der Waals surface area contributed by atoms with E-state index in [1.165, 1.54) is 17.0 Å². The Morgan fingerprint density at radius 3 is 2.71 bits per heavy atom. The van der Waals surface area contributed by atoms with Gasteiger partial charge in [-0.25, -0.2) is 4.39 Å². The lowest BCUT2D eigenvalue weighted by molar-refractivity contribution is 0.604. The van der Waals surface area contributed by atoms with Crippen LogP contribution in [-0.2, 0) is 6.54 Å². The van der Waals surface area contributed by atoms with Gasteiger partial charge in [0, 0.05) is 36.3 Å². The zero-order valence-corrected chi connectivity index (χ0v) is 14.2. The second-order valence-electron chi connectivity index (χ2n) is 4.93. The Kier molecular flexibility index (Phi) is 7.12. The molecule has 2 N–H and O–H groups in total. The van der Waals surface area contributed by atoms with Crippen LogP contribution in [0.15, 0.2) is 58.4 Å². The van der Waals surface area contributed by atoms with Crippen LogP contribution in [0.25, 0.3) is 0 Å². The Morgan fingerprint density at radius 2 is 2.00 bits per heavy atom. The van der Waals surface area contributed by atoms with E-state index in [9.17, 15) is 4.39 Å². The zero-order valence-electron chi connectivity index (χ0n) is 13.4. The molecule has 0 saturated heterocycles. The lowest BCUT2D eigenvalue weighted by atomic mass is 10.1. The molecule has 0 unspecified atom stereocenters. The van der Waals surface area contributed by atoms with Crippen LogP contribution in [0.4, 0.5) is 4.39 Å². The summed E-state index contributed by atoms with van der Waals surface area (Å²) in [5, 5.41) is 15.1. The number of aliphatic imine (C=N–C) groups is 1. The number of nitrogens with one attached hydrogen (secondary N) is 2. The summed E-state index contributed by atoms with van der Waals surface area (Å²) >= 11 is 1.75. The molecule has 0 aliphatic rings. The third-order valence-electron chi connectivity index (χ3n) is 3.25. The normalized spacial score (nSPS) is 11.0. The highest BCUT2D eigenvalue weighted by molar-refractivity contribution is 7.99. The smallest absolute Gasteiger partial charge is 0.191 e. The van der Waals surface area contributed by atoms with Gasteiger partial charge in [-0.15, -0.1) is 11.8 Å². The van der Waals surface area contributed by atoms with Gasteiger partial charge < -0.3 is 10.6 Å². The number of rotatable bonds is 6. The average Bonchev–Trinajstić information content (AvgIpc) is 2.63. The molecule has 2 aromatic rings. The molecule has 0 aliphatic heterocycles. The SMILES string of the molecule is CN=C(NCCSc1ccccc1)NCc1cc(C#N)ccc1F. The first-order valence-electron chi connectivity index (χ1n) is 7.54.